The topological polar surface area (TPSA) is 52.6 Å². The van der Waals surface area contributed by atoms with E-state index in [1.54, 1.807) is 26.8 Å². The van der Waals surface area contributed by atoms with Crippen LogP contribution in [0.3, 0.4) is 0 Å². The Morgan fingerprint density at radius 3 is 2.44 bits per heavy atom. The van der Waals surface area contributed by atoms with Crippen molar-refractivity contribution in [3.05, 3.63) is 18.4 Å². The number of esters is 2. The average Bonchev–Trinajstić information content (AvgIpc) is 2.13. The summed E-state index contributed by atoms with van der Waals surface area (Å²) in [5.74, 6) is -0.762. The monoisotopic (exact) mass is 254 g/mol. The molecule has 0 unspecified atom stereocenters. The Morgan fingerprint density at radius 2 is 2.00 bits per heavy atom. The fourth-order valence-corrected chi connectivity index (χ4v) is 1.38. The van der Waals surface area contributed by atoms with Crippen LogP contribution in [-0.4, -0.2) is 23.6 Å². The first kappa shape index (κ1) is 16.5. The molecule has 0 radical (unpaired) electrons. The van der Waals surface area contributed by atoms with Crippen LogP contribution < -0.4 is 0 Å². The molecule has 102 valence electrons. The number of ether oxygens (including phenoxy) is 2. The molecule has 0 aromatic carbocycles. The van der Waals surface area contributed by atoms with Crippen molar-refractivity contribution in [1.29, 1.82) is 0 Å². The summed E-state index contributed by atoms with van der Waals surface area (Å²) in [5.41, 5.74) is 2.11. The molecule has 0 aromatic heterocycles. The maximum absolute atomic E-state index is 11.6. The number of hydrogen-bond donors (Lipinski definition) is 0. The molecule has 0 aliphatic rings. The van der Waals surface area contributed by atoms with Gasteiger partial charge in [-0.2, -0.15) is 0 Å². The predicted molar refractivity (Wildman–Crippen MR) is 69.0 cm³/mol. The smallest absolute Gasteiger partial charge is 0.310 e. The van der Waals surface area contributed by atoms with Crippen molar-refractivity contribution in [2.75, 3.05) is 0 Å². The molecule has 0 saturated carbocycles. The van der Waals surface area contributed by atoms with Crippen LogP contribution in [0.4, 0.5) is 0 Å². The van der Waals surface area contributed by atoms with Crippen molar-refractivity contribution in [1.82, 2.24) is 0 Å². The Hall–Kier alpha value is -1.54. The van der Waals surface area contributed by atoms with E-state index < -0.39 is 17.7 Å². The molecule has 4 nitrogen and oxygen atoms in total. The molecule has 1 atom stereocenters. The van der Waals surface area contributed by atoms with Crippen molar-refractivity contribution in [3.8, 4) is 0 Å². The first-order valence-electron chi connectivity index (χ1n) is 5.98. The van der Waals surface area contributed by atoms with Gasteiger partial charge in [0.15, 0.2) is 0 Å². The molecular weight excluding hydrogens is 232 g/mol. The minimum absolute atomic E-state index is 0.0713. The first-order valence-corrected chi connectivity index (χ1v) is 5.98. The summed E-state index contributed by atoms with van der Waals surface area (Å²) in [4.78, 5) is 22.6. The van der Waals surface area contributed by atoms with Gasteiger partial charge in [-0.1, -0.05) is 6.58 Å². The van der Waals surface area contributed by atoms with E-state index in [9.17, 15) is 9.59 Å². The van der Waals surface area contributed by atoms with Gasteiger partial charge in [0.1, 0.15) is 11.7 Å². The fraction of sp³-hybridized carbons (Fsp3) is 0.643. The van der Waals surface area contributed by atoms with Crippen molar-refractivity contribution >= 4 is 11.9 Å². The SMILES string of the molecule is C=C=CCC[C@@H](CC(=O)OC(C)(C)C)OC(C)=O. The summed E-state index contributed by atoms with van der Waals surface area (Å²) in [6, 6.07) is 0. The van der Waals surface area contributed by atoms with Crippen LogP contribution in [0, 0.1) is 0 Å². The lowest BCUT2D eigenvalue weighted by Gasteiger charge is -2.22. The lowest BCUT2D eigenvalue weighted by atomic mass is 10.1. The molecular formula is C14H22O4. The van der Waals surface area contributed by atoms with Crippen LogP contribution in [0.5, 0.6) is 0 Å². The number of carbonyl (C=O) groups excluding carboxylic acids is 2. The largest absolute Gasteiger partial charge is 0.462 e. The van der Waals surface area contributed by atoms with Crippen LogP contribution >= 0.6 is 0 Å². The fourth-order valence-electron chi connectivity index (χ4n) is 1.38. The summed E-state index contributed by atoms with van der Waals surface area (Å²) >= 11 is 0. The molecule has 0 aliphatic carbocycles. The zero-order chi connectivity index (χ0) is 14.2. The normalized spacial score (nSPS) is 12.2. The quantitative estimate of drug-likeness (QED) is 0.540. The summed E-state index contributed by atoms with van der Waals surface area (Å²) in [6.07, 6.45) is 2.57. The van der Waals surface area contributed by atoms with Gasteiger partial charge in [-0.3, -0.25) is 9.59 Å². The van der Waals surface area contributed by atoms with E-state index in [2.05, 4.69) is 12.3 Å². The molecule has 0 bridgehead atoms. The predicted octanol–water partition coefficient (Wildman–Crippen LogP) is 2.77. The Balaban J connectivity index is 4.34. The van der Waals surface area contributed by atoms with E-state index >= 15 is 0 Å². The standard InChI is InChI=1S/C14H22O4/c1-6-7-8-9-12(17-11(2)15)10-13(16)18-14(3,4)5/h7,12H,1,8-10H2,2-5H3/t12-/m0/s1. The second-order valence-corrected chi connectivity index (χ2v) is 5.01. The molecule has 0 fully saturated rings. The van der Waals surface area contributed by atoms with Gasteiger partial charge < -0.3 is 9.47 Å². The van der Waals surface area contributed by atoms with Gasteiger partial charge >= 0.3 is 11.9 Å². The molecule has 0 N–H and O–H groups in total. The Labute approximate surface area is 109 Å². The van der Waals surface area contributed by atoms with Crippen molar-refractivity contribution in [3.63, 3.8) is 0 Å². The van der Waals surface area contributed by atoms with Gasteiger partial charge in [-0.05, 0) is 39.7 Å². The van der Waals surface area contributed by atoms with E-state index in [0.717, 1.165) is 0 Å². The summed E-state index contributed by atoms with van der Waals surface area (Å²) in [7, 11) is 0. The highest BCUT2D eigenvalue weighted by atomic mass is 16.6. The number of rotatable bonds is 6. The molecule has 0 saturated heterocycles. The minimum Gasteiger partial charge on any atom is -0.462 e. The minimum atomic E-state index is -0.529. The second kappa shape index (κ2) is 7.72. The molecule has 0 amide bonds. The number of carbonyl (C=O) groups is 2. The van der Waals surface area contributed by atoms with Crippen molar-refractivity contribution < 1.29 is 19.1 Å². The van der Waals surface area contributed by atoms with Crippen LogP contribution in [0.25, 0.3) is 0 Å². The third kappa shape index (κ3) is 9.67. The molecule has 0 aliphatic heterocycles. The number of hydrogen-bond acceptors (Lipinski definition) is 4. The molecule has 0 spiro atoms. The van der Waals surface area contributed by atoms with E-state index in [-0.39, 0.29) is 12.4 Å². The maximum Gasteiger partial charge on any atom is 0.310 e. The Bertz CT molecular complexity index is 332. The van der Waals surface area contributed by atoms with Gasteiger partial charge in [0.25, 0.3) is 0 Å². The van der Waals surface area contributed by atoms with Gasteiger partial charge in [-0.15, -0.1) is 5.73 Å². The Kier molecular flexibility index (Phi) is 7.06. The Morgan fingerprint density at radius 1 is 1.39 bits per heavy atom. The second-order valence-electron chi connectivity index (χ2n) is 5.01. The summed E-state index contributed by atoms with van der Waals surface area (Å²) in [5, 5.41) is 0. The lowest BCUT2D eigenvalue weighted by molar-refractivity contribution is -0.161. The van der Waals surface area contributed by atoms with E-state index in [4.69, 9.17) is 9.47 Å². The zero-order valence-corrected chi connectivity index (χ0v) is 11.6. The zero-order valence-electron chi connectivity index (χ0n) is 11.6. The average molecular weight is 254 g/mol. The number of allylic oxidation sites excluding steroid dienone is 1. The van der Waals surface area contributed by atoms with Gasteiger partial charge in [0.2, 0.25) is 0 Å². The molecule has 0 heterocycles. The van der Waals surface area contributed by atoms with E-state index in [1.165, 1.54) is 6.92 Å². The van der Waals surface area contributed by atoms with Crippen LogP contribution in [-0.2, 0) is 19.1 Å². The van der Waals surface area contributed by atoms with Gasteiger partial charge in [-0.25, -0.2) is 0 Å². The highest BCUT2D eigenvalue weighted by Gasteiger charge is 2.21. The molecule has 18 heavy (non-hydrogen) atoms. The van der Waals surface area contributed by atoms with Crippen molar-refractivity contribution in [2.24, 2.45) is 0 Å². The highest BCUT2D eigenvalue weighted by molar-refractivity contribution is 5.71. The van der Waals surface area contributed by atoms with Crippen LogP contribution in [0.1, 0.15) is 47.0 Å². The van der Waals surface area contributed by atoms with Crippen LogP contribution in [0.2, 0.25) is 0 Å². The summed E-state index contributed by atoms with van der Waals surface area (Å²) in [6.45, 7) is 10.2. The molecule has 0 aromatic rings. The van der Waals surface area contributed by atoms with E-state index in [1.807, 2.05) is 0 Å². The van der Waals surface area contributed by atoms with Gasteiger partial charge in [0.05, 0.1) is 6.42 Å². The lowest BCUT2D eigenvalue weighted by Crippen LogP contribution is -2.28. The molecule has 4 heteroatoms. The van der Waals surface area contributed by atoms with Crippen LogP contribution in [0.15, 0.2) is 18.4 Å². The van der Waals surface area contributed by atoms with Crippen molar-refractivity contribution in [2.45, 2.75) is 58.7 Å². The molecule has 0 rings (SSSR count). The summed E-state index contributed by atoms with van der Waals surface area (Å²) < 4.78 is 10.3. The van der Waals surface area contributed by atoms with E-state index in [0.29, 0.717) is 12.8 Å². The third-order valence-electron chi connectivity index (χ3n) is 1.92. The van der Waals surface area contributed by atoms with Gasteiger partial charge in [0, 0.05) is 6.92 Å². The maximum atomic E-state index is 11.6. The third-order valence-corrected chi connectivity index (χ3v) is 1.92. The highest BCUT2D eigenvalue weighted by Crippen LogP contribution is 2.13. The first-order chi connectivity index (χ1) is 8.24.